The fraction of sp³-hybridized carbons (Fsp3) is 0.789. The Kier molecular flexibility index (Phi) is 8.91. The normalized spacial score (nSPS) is 18.5. The summed E-state index contributed by atoms with van der Waals surface area (Å²) in [5.74, 6) is 0.916. The van der Waals surface area contributed by atoms with Crippen LogP contribution in [0.1, 0.15) is 37.6 Å². The SMILES string of the molecule is CCNC(=NCC1CCCN1CCOC)NCCCn1nc(C)cc1C. The highest BCUT2D eigenvalue weighted by Gasteiger charge is 2.23. The first-order valence-electron chi connectivity index (χ1n) is 9.90. The third-order valence-electron chi connectivity index (χ3n) is 4.83. The molecule has 0 aliphatic carbocycles. The molecular formula is C19H36N6O. The fourth-order valence-electron chi connectivity index (χ4n) is 3.48. The molecular weight excluding hydrogens is 328 g/mol. The molecule has 7 heteroatoms. The molecule has 0 radical (unpaired) electrons. The van der Waals surface area contributed by atoms with E-state index in [0.717, 1.165) is 63.9 Å². The zero-order valence-electron chi connectivity index (χ0n) is 16.9. The molecule has 0 spiro atoms. The Morgan fingerprint density at radius 2 is 2.19 bits per heavy atom. The van der Waals surface area contributed by atoms with Crippen LogP contribution in [0.5, 0.6) is 0 Å². The van der Waals surface area contributed by atoms with Crippen molar-refractivity contribution in [1.82, 2.24) is 25.3 Å². The van der Waals surface area contributed by atoms with E-state index in [1.807, 2.05) is 6.92 Å². The van der Waals surface area contributed by atoms with Gasteiger partial charge >= 0.3 is 0 Å². The topological polar surface area (TPSA) is 66.7 Å². The molecule has 1 atom stereocenters. The van der Waals surface area contributed by atoms with Gasteiger partial charge in [0, 0.05) is 45.0 Å². The minimum atomic E-state index is 0.537. The van der Waals surface area contributed by atoms with Crippen LogP contribution in [0.3, 0.4) is 0 Å². The zero-order chi connectivity index (χ0) is 18.8. The number of likely N-dealkylation sites (tertiary alicyclic amines) is 1. The summed E-state index contributed by atoms with van der Waals surface area (Å²) in [6, 6.07) is 2.66. The Morgan fingerprint density at radius 1 is 1.35 bits per heavy atom. The number of aryl methyl sites for hydroxylation is 3. The van der Waals surface area contributed by atoms with Crippen LogP contribution in [-0.2, 0) is 11.3 Å². The summed E-state index contributed by atoms with van der Waals surface area (Å²) >= 11 is 0. The number of rotatable bonds is 10. The van der Waals surface area contributed by atoms with Gasteiger partial charge in [-0.1, -0.05) is 0 Å². The number of nitrogens with one attached hydrogen (secondary N) is 2. The Bertz CT molecular complexity index is 556. The van der Waals surface area contributed by atoms with Gasteiger partial charge in [0.15, 0.2) is 5.96 Å². The molecule has 1 aromatic heterocycles. The van der Waals surface area contributed by atoms with Crippen molar-refractivity contribution in [3.63, 3.8) is 0 Å². The molecule has 0 bridgehead atoms. The summed E-state index contributed by atoms with van der Waals surface area (Å²) in [6.07, 6.45) is 3.51. The van der Waals surface area contributed by atoms with Crippen LogP contribution < -0.4 is 10.6 Å². The Hall–Kier alpha value is -1.60. The van der Waals surface area contributed by atoms with E-state index in [1.165, 1.54) is 18.5 Å². The molecule has 1 aliphatic heterocycles. The maximum atomic E-state index is 5.22. The van der Waals surface area contributed by atoms with Crippen LogP contribution in [0, 0.1) is 13.8 Å². The van der Waals surface area contributed by atoms with Gasteiger partial charge in [-0.15, -0.1) is 0 Å². The van der Waals surface area contributed by atoms with Gasteiger partial charge in [-0.25, -0.2) is 0 Å². The molecule has 26 heavy (non-hydrogen) atoms. The van der Waals surface area contributed by atoms with Crippen molar-refractivity contribution in [2.75, 3.05) is 46.4 Å². The van der Waals surface area contributed by atoms with Gasteiger partial charge in [-0.3, -0.25) is 14.6 Å². The maximum absolute atomic E-state index is 5.22. The van der Waals surface area contributed by atoms with Crippen molar-refractivity contribution in [2.45, 2.75) is 52.6 Å². The van der Waals surface area contributed by atoms with E-state index < -0.39 is 0 Å². The summed E-state index contributed by atoms with van der Waals surface area (Å²) in [6.45, 7) is 12.8. The van der Waals surface area contributed by atoms with Gasteiger partial charge in [0.05, 0.1) is 18.8 Å². The van der Waals surface area contributed by atoms with Crippen molar-refractivity contribution >= 4 is 5.96 Å². The summed E-state index contributed by atoms with van der Waals surface area (Å²) in [7, 11) is 1.77. The standard InChI is InChI=1S/C19H36N6O/c1-5-20-19(21-9-7-11-25-17(3)14-16(2)23-25)22-15-18-8-6-10-24(18)12-13-26-4/h14,18H,5-13,15H2,1-4H3,(H2,20,21,22). The average molecular weight is 365 g/mol. The number of ether oxygens (including phenoxy) is 1. The average Bonchev–Trinajstić information content (AvgIpc) is 3.20. The van der Waals surface area contributed by atoms with Crippen molar-refractivity contribution in [1.29, 1.82) is 0 Å². The molecule has 0 aromatic carbocycles. The van der Waals surface area contributed by atoms with Crippen molar-refractivity contribution < 1.29 is 4.74 Å². The molecule has 7 nitrogen and oxygen atoms in total. The molecule has 1 unspecified atom stereocenters. The van der Waals surface area contributed by atoms with E-state index in [-0.39, 0.29) is 0 Å². The highest BCUT2D eigenvalue weighted by molar-refractivity contribution is 5.79. The number of hydrogen-bond donors (Lipinski definition) is 2. The number of guanidine groups is 1. The van der Waals surface area contributed by atoms with Crippen LogP contribution in [0.4, 0.5) is 0 Å². The molecule has 0 amide bonds. The van der Waals surface area contributed by atoms with Crippen LogP contribution in [0.25, 0.3) is 0 Å². The zero-order valence-corrected chi connectivity index (χ0v) is 16.9. The molecule has 2 N–H and O–H groups in total. The number of methoxy groups -OCH3 is 1. The Morgan fingerprint density at radius 3 is 2.88 bits per heavy atom. The lowest BCUT2D eigenvalue weighted by molar-refractivity contribution is 0.142. The lowest BCUT2D eigenvalue weighted by Gasteiger charge is -2.23. The van der Waals surface area contributed by atoms with Gasteiger partial charge in [0.2, 0.25) is 0 Å². The maximum Gasteiger partial charge on any atom is 0.191 e. The third kappa shape index (κ3) is 6.61. The van der Waals surface area contributed by atoms with Crippen LogP contribution in [-0.4, -0.2) is 73.1 Å². The van der Waals surface area contributed by atoms with Crippen LogP contribution >= 0.6 is 0 Å². The van der Waals surface area contributed by atoms with Gasteiger partial charge in [0.1, 0.15) is 0 Å². The first-order chi connectivity index (χ1) is 12.6. The van der Waals surface area contributed by atoms with Gasteiger partial charge in [-0.2, -0.15) is 5.10 Å². The lowest BCUT2D eigenvalue weighted by Crippen LogP contribution is -2.40. The second-order valence-electron chi connectivity index (χ2n) is 6.98. The monoisotopic (exact) mass is 364 g/mol. The molecule has 0 saturated carbocycles. The van der Waals surface area contributed by atoms with E-state index in [2.05, 4.69) is 45.2 Å². The second kappa shape index (κ2) is 11.2. The summed E-state index contributed by atoms with van der Waals surface area (Å²) in [5, 5.41) is 11.3. The molecule has 1 saturated heterocycles. The lowest BCUT2D eigenvalue weighted by atomic mass is 10.2. The Labute approximate surface area is 158 Å². The first-order valence-corrected chi connectivity index (χ1v) is 9.90. The summed E-state index contributed by atoms with van der Waals surface area (Å²) < 4.78 is 7.30. The van der Waals surface area contributed by atoms with Crippen molar-refractivity contribution in [3.8, 4) is 0 Å². The molecule has 1 aromatic rings. The minimum Gasteiger partial charge on any atom is -0.383 e. The molecule has 1 aliphatic rings. The van der Waals surface area contributed by atoms with E-state index in [9.17, 15) is 0 Å². The molecule has 2 rings (SSSR count). The molecule has 1 fully saturated rings. The van der Waals surface area contributed by atoms with Crippen molar-refractivity contribution in [3.05, 3.63) is 17.5 Å². The predicted molar refractivity (Wildman–Crippen MR) is 107 cm³/mol. The highest BCUT2D eigenvalue weighted by atomic mass is 16.5. The van der Waals surface area contributed by atoms with Gasteiger partial charge < -0.3 is 15.4 Å². The largest absolute Gasteiger partial charge is 0.383 e. The third-order valence-corrected chi connectivity index (χ3v) is 4.83. The quantitative estimate of drug-likeness (QED) is 0.375. The van der Waals surface area contributed by atoms with E-state index in [4.69, 9.17) is 9.73 Å². The summed E-state index contributed by atoms with van der Waals surface area (Å²) in [5.41, 5.74) is 2.31. The smallest absolute Gasteiger partial charge is 0.191 e. The number of hydrogen-bond acceptors (Lipinski definition) is 4. The molecule has 148 valence electrons. The van der Waals surface area contributed by atoms with Gasteiger partial charge in [0.25, 0.3) is 0 Å². The highest BCUT2D eigenvalue weighted by Crippen LogP contribution is 2.16. The second-order valence-corrected chi connectivity index (χ2v) is 6.98. The molecule has 2 heterocycles. The van der Waals surface area contributed by atoms with Crippen molar-refractivity contribution in [2.24, 2.45) is 4.99 Å². The van der Waals surface area contributed by atoms with Gasteiger partial charge in [-0.05, 0) is 52.6 Å². The summed E-state index contributed by atoms with van der Waals surface area (Å²) in [4.78, 5) is 7.31. The minimum absolute atomic E-state index is 0.537. The predicted octanol–water partition coefficient (Wildman–Crippen LogP) is 1.56. The number of aromatic nitrogens is 2. The number of nitrogens with zero attached hydrogens (tertiary/aromatic N) is 4. The van der Waals surface area contributed by atoms with E-state index in [0.29, 0.717) is 6.04 Å². The van der Waals surface area contributed by atoms with Crippen LogP contribution in [0.15, 0.2) is 11.1 Å². The Balaban J connectivity index is 1.76. The fourth-order valence-corrected chi connectivity index (χ4v) is 3.48. The van der Waals surface area contributed by atoms with E-state index >= 15 is 0 Å². The first kappa shape index (κ1) is 20.7. The number of aliphatic imine (C=N–C) groups is 1. The van der Waals surface area contributed by atoms with Crippen LogP contribution in [0.2, 0.25) is 0 Å². The van der Waals surface area contributed by atoms with E-state index in [1.54, 1.807) is 7.11 Å².